The third kappa shape index (κ3) is 3.80. The number of aliphatic hydroxyl groups excluding tert-OH is 1. The van der Waals surface area contributed by atoms with Crippen LogP contribution in [0, 0.1) is 13.8 Å². The van der Waals surface area contributed by atoms with Crippen LogP contribution >= 0.6 is 0 Å². The Hall–Kier alpha value is -2.61. The molecule has 2 heterocycles. The van der Waals surface area contributed by atoms with Gasteiger partial charge in [0.05, 0.1) is 17.4 Å². The maximum atomic E-state index is 13.1. The first kappa shape index (κ1) is 18.2. The van der Waals surface area contributed by atoms with Gasteiger partial charge in [-0.3, -0.25) is 9.67 Å². The average molecular weight is 365 g/mol. The summed E-state index contributed by atoms with van der Waals surface area (Å²) in [6.45, 7) is 3.62. The highest BCUT2D eigenvalue weighted by Crippen LogP contribution is 2.33. The highest BCUT2D eigenvalue weighted by atomic mass is 19.4. The predicted molar refractivity (Wildman–Crippen MR) is 89.9 cm³/mol. The molecule has 1 atom stereocenters. The summed E-state index contributed by atoms with van der Waals surface area (Å²) in [5.74, 6) is 0.634. The number of pyridine rings is 1. The number of alkyl halides is 3. The molecule has 0 saturated heterocycles. The molecule has 0 radical (unpaired) electrons. The third-order valence-electron chi connectivity index (χ3n) is 3.98. The fourth-order valence-corrected chi connectivity index (χ4v) is 2.67. The van der Waals surface area contributed by atoms with Crippen molar-refractivity contribution in [1.29, 1.82) is 0 Å². The van der Waals surface area contributed by atoms with E-state index in [1.165, 1.54) is 12.3 Å². The molecular weight excluding hydrogens is 347 g/mol. The largest absolute Gasteiger partial charge is 0.491 e. The lowest BCUT2D eigenvalue weighted by molar-refractivity contribution is -0.140. The minimum absolute atomic E-state index is 0.0575. The number of hydrogen-bond acceptors (Lipinski definition) is 4. The summed E-state index contributed by atoms with van der Waals surface area (Å²) in [7, 11) is 0. The van der Waals surface area contributed by atoms with Crippen molar-refractivity contribution >= 4 is 10.9 Å². The van der Waals surface area contributed by atoms with E-state index < -0.39 is 18.0 Å². The Labute approximate surface area is 148 Å². The Morgan fingerprint density at radius 3 is 2.73 bits per heavy atom. The van der Waals surface area contributed by atoms with Crippen LogP contribution in [0.15, 0.2) is 36.7 Å². The molecule has 0 fully saturated rings. The minimum atomic E-state index is -4.59. The standard InChI is InChI=1S/C18H18F3N3O2/c1-11-3-4-12(2)16(7-11)26-10-13(25)9-24-15-5-6-22-8-14(15)17(23-24)18(19,20)21/h3-8,13,25H,9-10H2,1-2H3. The van der Waals surface area contributed by atoms with Crippen LogP contribution in [0.1, 0.15) is 16.8 Å². The zero-order valence-electron chi connectivity index (χ0n) is 14.3. The van der Waals surface area contributed by atoms with E-state index in [-0.39, 0.29) is 24.1 Å². The molecule has 3 aromatic rings. The topological polar surface area (TPSA) is 60.2 Å². The summed E-state index contributed by atoms with van der Waals surface area (Å²) in [5.41, 5.74) is 1.18. The van der Waals surface area contributed by atoms with Crippen molar-refractivity contribution in [2.75, 3.05) is 6.61 Å². The molecule has 2 aromatic heterocycles. The molecule has 0 aliphatic carbocycles. The Morgan fingerprint density at radius 1 is 1.23 bits per heavy atom. The van der Waals surface area contributed by atoms with Crippen molar-refractivity contribution in [3.05, 3.63) is 53.5 Å². The van der Waals surface area contributed by atoms with Crippen LogP contribution in [0.25, 0.3) is 10.9 Å². The second-order valence-electron chi connectivity index (χ2n) is 6.16. The fraction of sp³-hybridized carbons (Fsp3) is 0.333. The van der Waals surface area contributed by atoms with E-state index in [2.05, 4.69) is 10.1 Å². The highest BCUT2D eigenvalue weighted by Gasteiger charge is 2.37. The van der Waals surface area contributed by atoms with Gasteiger partial charge < -0.3 is 9.84 Å². The number of aryl methyl sites for hydroxylation is 2. The summed E-state index contributed by atoms with van der Waals surface area (Å²) in [4.78, 5) is 3.73. The molecule has 0 bridgehead atoms. The number of benzene rings is 1. The van der Waals surface area contributed by atoms with Gasteiger partial charge in [0.25, 0.3) is 0 Å². The molecule has 0 aliphatic heterocycles. The third-order valence-corrected chi connectivity index (χ3v) is 3.98. The fourth-order valence-electron chi connectivity index (χ4n) is 2.67. The number of rotatable bonds is 5. The van der Waals surface area contributed by atoms with Crippen LogP contribution in [-0.2, 0) is 12.7 Å². The number of fused-ring (bicyclic) bond motifs is 1. The number of ether oxygens (including phenoxy) is 1. The van der Waals surface area contributed by atoms with Crippen molar-refractivity contribution in [2.24, 2.45) is 0 Å². The van der Waals surface area contributed by atoms with E-state index in [4.69, 9.17) is 4.74 Å². The average Bonchev–Trinajstić information content (AvgIpc) is 2.95. The van der Waals surface area contributed by atoms with Gasteiger partial charge in [-0.15, -0.1) is 0 Å². The Kier molecular flexibility index (Phi) is 4.86. The first-order valence-electron chi connectivity index (χ1n) is 8.01. The zero-order valence-corrected chi connectivity index (χ0v) is 14.3. The maximum Gasteiger partial charge on any atom is 0.435 e. The highest BCUT2D eigenvalue weighted by molar-refractivity contribution is 5.81. The molecule has 138 valence electrons. The molecule has 0 spiro atoms. The van der Waals surface area contributed by atoms with Crippen molar-refractivity contribution < 1.29 is 23.0 Å². The Bertz CT molecular complexity index is 922. The van der Waals surface area contributed by atoms with Crippen LogP contribution in [-0.4, -0.2) is 32.6 Å². The molecule has 5 nitrogen and oxygen atoms in total. The monoisotopic (exact) mass is 365 g/mol. The molecule has 1 aromatic carbocycles. The SMILES string of the molecule is Cc1ccc(C)c(OCC(O)Cn2nc(C(F)(F)F)c3cnccc32)c1. The van der Waals surface area contributed by atoms with Crippen LogP contribution in [0.5, 0.6) is 5.75 Å². The van der Waals surface area contributed by atoms with Crippen molar-refractivity contribution in [2.45, 2.75) is 32.7 Å². The van der Waals surface area contributed by atoms with E-state index in [9.17, 15) is 18.3 Å². The summed E-state index contributed by atoms with van der Waals surface area (Å²) < 4.78 is 46.1. The van der Waals surface area contributed by atoms with Gasteiger partial charge in [-0.2, -0.15) is 18.3 Å². The first-order chi connectivity index (χ1) is 12.3. The second kappa shape index (κ2) is 6.95. The number of nitrogens with zero attached hydrogens (tertiary/aromatic N) is 3. The van der Waals surface area contributed by atoms with Gasteiger partial charge in [0.2, 0.25) is 0 Å². The summed E-state index contributed by atoms with van der Waals surface area (Å²) in [6, 6.07) is 7.14. The van der Waals surface area contributed by atoms with Crippen molar-refractivity contribution in [3.8, 4) is 5.75 Å². The molecule has 0 aliphatic rings. The second-order valence-corrected chi connectivity index (χ2v) is 6.16. The van der Waals surface area contributed by atoms with Crippen LogP contribution in [0.4, 0.5) is 13.2 Å². The number of hydrogen-bond donors (Lipinski definition) is 1. The predicted octanol–water partition coefficient (Wildman–Crippen LogP) is 3.51. The Balaban J connectivity index is 1.77. The van der Waals surface area contributed by atoms with E-state index in [0.717, 1.165) is 22.0 Å². The minimum Gasteiger partial charge on any atom is -0.491 e. The van der Waals surface area contributed by atoms with E-state index >= 15 is 0 Å². The van der Waals surface area contributed by atoms with Gasteiger partial charge in [0, 0.05) is 12.4 Å². The molecule has 0 amide bonds. The molecule has 26 heavy (non-hydrogen) atoms. The summed E-state index contributed by atoms with van der Waals surface area (Å²) in [5, 5.41) is 13.7. The quantitative estimate of drug-likeness (QED) is 0.752. The van der Waals surface area contributed by atoms with Crippen molar-refractivity contribution in [1.82, 2.24) is 14.8 Å². The zero-order chi connectivity index (χ0) is 18.9. The van der Waals surface area contributed by atoms with Gasteiger partial charge in [-0.1, -0.05) is 12.1 Å². The number of aromatic nitrogens is 3. The molecule has 1 unspecified atom stereocenters. The van der Waals surface area contributed by atoms with Gasteiger partial charge in [-0.25, -0.2) is 0 Å². The van der Waals surface area contributed by atoms with Crippen molar-refractivity contribution in [3.63, 3.8) is 0 Å². The molecule has 8 heteroatoms. The van der Waals surface area contributed by atoms with E-state index in [1.807, 2.05) is 32.0 Å². The van der Waals surface area contributed by atoms with Crippen LogP contribution in [0.2, 0.25) is 0 Å². The van der Waals surface area contributed by atoms with E-state index in [0.29, 0.717) is 5.75 Å². The maximum absolute atomic E-state index is 13.1. The van der Waals surface area contributed by atoms with Gasteiger partial charge >= 0.3 is 6.18 Å². The molecule has 3 rings (SSSR count). The van der Waals surface area contributed by atoms with Crippen LogP contribution in [0.3, 0.4) is 0 Å². The molecular formula is C18H18F3N3O2. The van der Waals surface area contributed by atoms with Crippen LogP contribution < -0.4 is 4.74 Å². The lowest BCUT2D eigenvalue weighted by atomic mass is 10.1. The lowest BCUT2D eigenvalue weighted by Gasteiger charge is -2.15. The first-order valence-corrected chi connectivity index (χ1v) is 8.01. The Morgan fingerprint density at radius 2 is 2.00 bits per heavy atom. The summed E-state index contributed by atoms with van der Waals surface area (Å²) in [6.07, 6.45) is -3.10. The lowest BCUT2D eigenvalue weighted by Crippen LogP contribution is -2.24. The molecule has 1 N–H and O–H groups in total. The smallest absolute Gasteiger partial charge is 0.435 e. The van der Waals surface area contributed by atoms with Gasteiger partial charge in [0.15, 0.2) is 5.69 Å². The van der Waals surface area contributed by atoms with Gasteiger partial charge in [0.1, 0.15) is 18.5 Å². The normalized spacial score (nSPS) is 13.2. The summed E-state index contributed by atoms with van der Waals surface area (Å²) >= 11 is 0. The van der Waals surface area contributed by atoms with E-state index in [1.54, 1.807) is 0 Å². The van der Waals surface area contributed by atoms with Gasteiger partial charge in [-0.05, 0) is 37.1 Å². The number of aliphatic hydroxyl groups is 1. The number of halogens is 3. The molecule has 0 saturated carbocycles.